The lowest BCUT2D eigenvalue weighted by Crippen LogP contribution is -2.26. The predicted octanol–water partition coefficient (Wildman–Crippen LogP) is 4.38. The molecule has 2 atom stereocenters. The van der Waals surface area contributed by atoms with E-state index in [4.69, 9.17) is 0 Å². The Balaban J connectivity index is 1.94. The average Bonchev–Trinajstić information content (AvgIpc) is 3.18. The minimum absolute atomic E-state index is 0.637. The van der Waals surface area contributed by atoms with Gasteiger partial charge in [-0.1, -0.05) is 52.0 Å². The molecule has 0 aromatic heterocycles. The molecule has 0 radical (unpaired) electrons. The molecule has 1 heteroatoms. The topological polar surface area (TPSA) is 12.0 Å². The second-order valence-electron chi connectivity index (χ2n) is 6.79. The number of hydrogen-bond acceptors (Lipinski definition) is 1. The van der Waals surface area contributed by atoms with E-state index in [1.54, 1.807) is 0 Å². The molecule has 1 aromatic carbocycles. The summed E-state index contributed by atoms with van der Waals surface area (Å²) >= 11 is 0. The maximum atomic E-state index is 3.65. The molecule has 1 fully saturated rings. The molecular weight excluding hydrogens is 230 g/mol. The molecule has 1 N–H and O–H groups in total. The van der Waals surface area contributed by atoms with Crippen LogP contribution in [0.1, 0.15) is 57.6 Å². The molecule has 19 heavy (non-hydrogen) atoms. The van der Waals surface area contributed by atoms with Gasteiger partial charge in [-0.25, -0.2) is 0 Å². The molecule has 2 unspecified atom stereocenters. The van der Waals surface area contributed by atoms with Gasteiger partial charge in [0.1, 0.15) is 0 Å². The summed E-state index contributed by atoms with van der Waals surface area (Å²) in [6.07, 6.45) is 3.95. The first-order valence-electron chi connectivity index (χ1n) is 7.88. The van der Waals surface area contributed by atoms with E-state index in [0.29, 0.717) is 11.8 Å². The molecule has 0 heterocycles. The van der Waals surface area contributed by atoms with Crippen molar-refractivity contribution in [2.75, 3.05) is 6.54 Å². The Morgan fingerprint density at radius 1 is 1.16 bits per heavy atom. The monoisotopic (exact) mass is 259 g/mol. The zero-order valence-corrected chi connectivity index (χ0v) is 12.9. The Morgan fingerprint density at radius 2 is 1.89 bits per heavy atom. The van der Waals surface area contributed by atoms with Crippen molar-refractivity contribution in [1.82, 2.24) is 5.32 Å². The van der Waals surface area contributed by atoms with Crippen LogP contribution in [-0.4, -0.2) is 12.6 Å². The lowest BCUT2D eigenvalue weighted by molar-refractivity contribution is 0.446. The zero-order chi connectivity index (χ0) is 13.8. The average molecular weight is 259 g/mol. The Hall–Kier alpha value is -0.820. The van der Waals surface area contributed by atoms with Gasteiger partial charge in [0.15, 0.2) is 0 Å². The SMILES string of the molecule is CC(C)Cc1cccc(C(C)C(C)CNC2CC2)c1. The fourth-order valence-corrected chi connectivity index (χ4v) is 2.62. The van der Waals surface area contributed by atoms with Crippen molar-refractivity contribution < 1.29 is 0 Å². The van der Waals surface area contributed by atoms with Gasteiger partial charge in [0.25, 0.3) is 0 Å². The standard InChI is InChI=1S/C18H29N/c1-13(2)10-16-6-5-7-17(11-16)15(4)14(3)12-19-18-8-9-18/h5-7,11,13-15,18-19H,8-10,12H2,1-4H3. The van der Waals surface area contributed by atoms with Crippen LogP contribution < -0.4 is 5.32 Å². The van der Waals surface area contributed by atoms with Crippen molar-refractivity contribution in [1.29, 1.82) is 0 Å². The number of rotatable bonds is 7. The van der Waals surface area contributed by atoms with Gasteiger partial charge in [0.2, 0.25) is 0 Å². The van der Waals surface area contributed by atoms with Crippen LogP contribution in [0.4, 0.5) is 0 Å². The van der Waals surface area contributed by atoms with E-state index in [1.165, 1.54) is 30.4 Å². The summed E-state index contributed by atoms with van der Waals surface area (Å²) in [5.41, 5.74) is 2.99. The molecule has 1 aromatic rings. The molecule has 2 rings (SSSR count). The first-order chi connectivity index (χ1) is 9.06. The molecule has 1 aliphatic carbocycles. The van der Waals surface area contributed by atoms with Gasteiger partial charge in [0.05, 0.1) is 0 Å². The van der Waals surface area contributed by atoms with E-state index in [1.807, 2.05) is 0 Å². The van der Waals surface area contributed by atoms with Gasteiger partial charge < -0.3 is 5.32 Å². The Bertz CT molecular complexity index is 392. The second kappa shape index (κ2) is 6.56. The number of hydrogen-bond donors (Lipinski definition) is 1. The van der Waals surface area contributed by atoms with Crippen LogP contribution in [0.15, 0.2) is 24.3 Å². The fourth-order valence-electron chi connectivity index (χ4n) is 2.62. The second-order valence-corrected chi connectivity index (χ2v) is 6.79. The van der Waals surface area contributed by atoms with Crippen LogP contribution in [0.3, 0.4) is 0 Å². The van der Waals surface area contributed by atoms with Crippen molar-refractivity contribution in [3.63, 3.8) is 0 Å². The quantitative estimate of drug-likeness (QED) is 0.766. The van der Waals surface area contributed by atoms with Gasteiger partial charge in [0, 0.05) is 6.04 Å². The van der Waals surface area contributed by atoms with Gasteiger partial charge in [-0.05, 0) is 54.7 Å². The van der Waals surface area contributed by atoms with E-state index >= 15 is 0 Å². The molecule has 0 spiro atoms. The minimum Gasteiger partial charge on any atom is -0.314 e. The van der Waals surface area contributed by atoms with Crippen LogP contribution in [0.25, 0.3) is 0 Å². The van der Waals surface area contributed by atoms with Crippen molar-refractivity contribution in [3.8, 4) is 0 Å². The highest BCUT2D eigenvalue weighted by atomic mass is 14.9. The molecule has 1 aliphatic rings. The minimum atomic E-state index is 0.637. The molecule has 0 amide bonds. The maximum absolute atomic E-state index is 3.65. The molecule has 106 valence electrons. The van der Waals surface area contributed by atoms with Crippen molar-refractivity contribution in [2.45, 2.75) is 58.9 Å². The Kier molecular flexibility index (Phi) is 5.04. The van der Waals surface area contributed by atoms with Crippen LogP contribution >= 0.6 is 0 Å². The highest BCUT2D eigenvalue weighted by Gasteiger charge is 2.22. The third-order valence-electron chi connectivity index (χ3n) is 4.28. The van der Waals surface area contributed by atoms with E-state index in [9.17, 15) is 0 Å². The number of benzene rings is 1. The van der Waals surface area contributed by atoms with E-state index < -0.39 is 0 Å². The normalized spacial score (nSPS) is 18.6. The summed E-state index contributed by atoms with van der Waals surface area (Å²) in [5.74, 6) is 2.08. The van der Waals surface area contributed by atoms with Gasteiger partial charge in [-0.3, -0.25) is 0 Å². The fraction of sp³-hybridized carbons (Fsp3) is 0.667. The van der Waals surface area contributed by atoms with Crippen LogP contribution in [0.2, 0.25) is 0 Å². The van der Waals surface area contributed by atoms with E-state index in [0.717, 1.165) is 18.5 Å². The first-order valence-corrected chi connectivity index (χ1v) is 7.88. The van der Waals surface area contributed by atoms with E-state index in [2.05, 4.69) is 57.3 Å². The molecule has 1 nitrogen and oxygen atoms in total. The molecule has 0 saturated heterocycles. The summed E-state index contributed by atoms with van der Waals surface area (Å²) in [7, 11) is 0. The Morgan fingerprint density at radius 3 is 2.53 bits per heavy atom. The van der Waals surface area contributed by atoms with Gasteiger partial charge in [-0.15, -0.1) is 0 Å². The lowest BCUT2D eigenvalue weighted by atomic mass is 9.87. The van der Waals surface area contributed by atoms with Crippen molar-refractivity contribution in [2.24, 2.45) is 11.8 Å². The molecule has 0 aliphatic heterocycles. The zero-order valence-electron chi connectivity index (χ0n) is 12.9. The molecule has 1 saturated carbocycles. The largest absolute Gasteiger partial charge is 0.314 e. The summed E-state index contributed by atoms with van der Waals surface area (Å²) in [5, 5.41) is 3.65. The van der Waals surface area contributed by atoms with Gasteiger partial charge in [-0.2, -0.15) is 0 Å². The van der Waals surface area contributed by atoms with Crippen LogP contribution in [0, 0.1) is 11.8 Å². The summed E-state index contributed by atoms with van der Waals surface area (Å²) in [6.45, 7) is 10.5. The van der Waals surface area contributed by atoms with Gasteiger partial charge >= 0.3 is 0 Å². The molecule has 0 bridgehead atoms. The molecular formula is C18H29N. The maximum Gasteiger partial charge on any atom is 0.00683 e. The first kappa shape index (κ1) is 14.6. The highest BCUT2D eigenvalue weighted by Crippen LogP contribution is 2.26. The summed E-state index contributed by atoms with van der Waals surface area (Å²) < 4.78 is 0. The third kappa shape index (κ3) is 4.65. The van der Waals surface area contributed by atoms with E-state index in [-0.39, 0.29) is 0 Å². The lowest BCUT2D eigenvalue weighted by Gasteiger charge is -2.21. The van der Waals surface area contributed by atoms with Crippen LogP contribution in [0.5, 0.6) is 0 Å². The van der Waals surface area contributed by atoms with Crippen molar-refractivity contribution >= 4 is 0 Å². The third-order valence-corrected chi connectivity index (χ3v) is 4.28. The summed E-state index contributed by atoms with van der Waals surface area (Å²) in [4.78, 5) is 0. The van der Waals surface area contributed by atoms with Crippen LogP contribution in [-0.2, 0) is 6.42 Å². The highest BCUT2D eigenvalue weighted by molar-refractivity contribution is 5.27. The summed E-state index contributed by atoms with van der Waals surface area (Å²) in [6, 6.07) is 10.0. The number of nitrogens with one attached hydrogen (secondary N) is 1. The Labute approximate surface area is 118 Å². The smallest absolute Gasteiger partial charge is 0.00683 e. The van der Waals surface area contributed by atoms with Crippen molar-refractivity contribution in [3.05, 3.63) is 35.4 Å². The predicted molar refractivity (Wildman–Crippen MR) is 83.6 cm³/mol.